The molecule has 0 saturated heterocycles. The summed E-state index contributed by atoms with van der Waals surface area (Å²) in [4.78, 5) is 0.755. The fraction of sp³-hybridized carbons (Fsp3) is 0.571. The topological polar surface area (TPSA) is 9.23 Å². The quantitative estimate of drug-likeness (QED) is 0.753. The van der Waals surface area contributed by atoms with Crippen molar-refractivity contribution in [2.75, 3.05) is 7.11 Å². The van der Waals surface area contributed by atoms with Gasteiger partial charge in [0, 0.05) is 4.83 Å². The minimum atomic E-state index is 0.755. The van der Waals surface area contributed by atoms with Gasteiger partial charge in [0.25, 0.3) is 0 Å². The molecule has 0 aliphatic heterocycles. The lowest BCUT2D eigenvalue weighted by Gasteiger charge is -2.13. The second kappa shape index (κ2) is 5.72. The van der Waals surface area contributed by atoms with Crippen molar-refractivity contribution in [3.05, 3.63) is 29.8 Å². The van der Waals surface area contributed by atoms with Crippen LogP contribution in [0, 0.1) is 5.92 Å². The number of benzene rings is 1. The van der Waals surface area contributed by atoms with Crippen LogP contribution in [0.3, 0.4) is 0 Å². The molecule has 1 aromatic carbocycles. The van der Waals surface area contributed by atoms with Crippen molar-refractivity contribution < 1.29 is 4.74 Å². The van der Waals surface area contributed by atoms with Crippen LogP contribution in [0.5, 0.6) is 5.75 Å². The average molecular weight is 283 g/mol. The molecule has 1 aliphatic carbocycles. The Morgan fingerprint density at radius 2 is 2.00 bits per heavy atom. The van der Waals surface area contributed by atoms with Crippen molar-refractivity contribution in [3.8, 4) is 5.75 Å². The van der Waals surface area contributed by atoms with E-state index in [0.717, 1.165) is 16.5 Å². The van der Waals surface area contributed by atoms with E-state index >= 15 is 0 Å². The number of rotatable bonds is 4. The first-order valence-electron chi connectivity index (χ1n) is 6.06. The molecular formula is C14H19BrO. The molecule has 2 unspecified atom stereocenters. The highest BCUT2D eigenvalue weighted by Gasteiger charge is 2.24. The third-order valence-corrected chi connectivity index (χ3v) is 4.73. The first-order valence-corrected chi connectivity index (χ1v) is 6.98. The fourth-order valence-electron chi connectivity index (χ4n) is 2.46. The zero-order valence-corrected chi connectivity index (χ0v) is 11.4. The van der Waals surface area contributed by atoms with Crippen LogP contribution >= 0.6 is 15.9 Å². The lowest BCUT2D eigenvalue weighted by molar-refractivity contribution is 0.414. The number of aryl methyl sites for hydroxylation is 1. The third-order valence-electron chi connectivity index (χ3n) is 3.53. The maximum Gasteiger partial charge on any atom is 0.118 e. The maximum absolute atomic E-state index is 5.16. The lowest BCUT2D eigenvalue weighted by atomic mass is 9.98. The van der Waals surface area contributed by atoms with Crippen molar-refractivity contribution in [1.82, 2.24) is 0 Å². The molecule has 0 radical (unpaired) electrons. The van der Waals surface area contributed by atoms with Gasteiger partial charge < -0.3 is 4.74 Å². The summed E-state index contributed by atoms with van der Waals surface area (Å²) in [6.45, 7) is 0. The van der Waals surface area contributed by atoms with E-state index < -0.39 is 0 Å². The molecule has 0 aromatic heterocycles. The Hall–Kier alpha value is -0.500. The zero-order chi connectivity index (χ0) is 11.4. The van der Waals surface area contributed by atoms with Gasteiger partial charge in [-0.25, -0.2) is 0 Å². The molecule has 2 heteroatoms. The first-order chi connectivity index (χ1) is 7.79. The molecule has 0 heterocycles. The van der Waals surface area contributed by atoms with E-state index in [0.29, 0.717) is 0 Å². The summed E-state index contributed by atoms with van der Waals surface area (Å²) < 4.78 is 5.16. The Morgan fingerprint density at radius 1 is 1.25 bits per heavy atom. The van der Waals surface area contributed by atoms with Gasteiger partial charge in [-0.05, 0) is 49.3 Å². The molecule has 88 valence electrons. The molecule has 1 aromatic rings. The van der Waals surface area contributed by atoms with Crippen LogP contribution in [0.25, 0.3) is 0 Å². The van der Waals surface area contributed by atoms with Gasteiger partial charge in [0.05, 0.1) is 7.11 Å². The molecule has 1 saturated carbocycles. The van der Waals surface area contributed by atoms with Gasteiger partial charge in [0.15, 0.2) is 0 Å². The smallest absolute Gasteiger partial charge is 0.118 e. The highest BCUT2D eigenvalue weighted by Crippen LogP contribution is 2.34. The van der Waals surface area contributed by atoms with Crippen molar-refractivity contribution in [2.24, 2.45) is 5.92 Å². The number of hydrogen-bond donors (Lipinski definition) is 0. The third kappa shape index (κ3) is 3.00. The predicted molar refractivity (Wildman–Crippen MR) is 71.4 cm³/mol. The van der Waals surface area contributed by atoms with Gasteiger partial charge in [0.1, 0.15) is 5.75 Å². The van der Waals surface area contributed by atoms with Crippen LogP contribution in [0.15, 0.2) is 24.3 Å². The van der Waals surface area contributed by atoms with Crippen molar-refractivity contribution >= 4 is 15.9 Å². The molecule has 16 heavy (non-hydrogen) atoms. The Labute approximate surface area is 106 Å². The van der Waals surface area contributed by atoms with E-state index in [1.165, 1.54) is 37.7 Å². The van der Waals surface area contributed by atoms with E-state index in [2.05, 4.69) is 40.2 Å². The van der Waals surface area contributed by atoms with E-state index in [1.54, 1.807) is 7.11 Å². The largest absolute Gasteiger partial charge is 0.497 e. The van der Waals surface area contributed by atoms with Crippen molar-refractivity contribution in [2.45, 2.75) is 36.9 Å². The summed E-state index contributed by atoms with van der Waals surface area (Å²) in [6, 6.07) is 8.46. The standard InChI is InChI=1S/C14H19BrO/c1-16-13-9-6-11(7-10-13)5-8-12-3-2-4-14(12)15/h6-7,9-10,12,14H,2-5,8H2,1H3. The van der Waals surface area contributed by atoms with Gasteiger partial charge >= 0.3 is 0 Å². The highest BCUT2D eigenvalue weighted by atomic mass is 79.9. The molecule has 0 amide bonds. The SMILES string of the molecule is COc1ccc(CCC2CCCC2Br)cc1. The number of methoxy groups -OCH3 is 1. The Bertz CT molecular complexity index is 320. The van der Waals surface area contributed by atoms with Crippen LogP contribution in [0.4, 0.5) is 0 Å². The average Bonchev–Trinajstić information content (AvgIpc) is 2.73. The summed E-state index contributed by atoms with van der Waals surface area (Å²) in [5.41, 5.74) is 1.42. The molecule has 0 spiro atoms. The molecule has 0 bridgehead atoms. The molecule has 2 rings (SSSR count). The number of hydrogen-bond acceptors (Lipinski definition) is 1. The summed E-state index contributed by atoms with van der Waals surface area (Å²) in [5, 5.41) is 0. The molecule has 1 fully saturated rings. The van der Waals surface area contributed by atoms with Crippen LogP contribution in [0.2, 0.25) is 0 Å². The monoisotopic (exact) mass is 282 g/mol. The van der Waals surface area contributed by atoms with E-state index in [4.69, 9.17) is 4.74 Å². The zero-order valence-electron chi connectivity index (χ0n) is 9.79. The molecular weight excluding hydrogens is 264 g/mol. The van der Waals surface area contributed by atoms with Crippen LogP contribution in [-0.2, 0) is 6.42 Å². The van der Waals surface area contributed by atoms with Crippen molar-refractivity contribution in [3.63, 3.8) is 0 Å². The van der Waals surface area contributed by atoms with E-state index in [9.17, 15) is 0 Å². The minimum Gasteiger partial charge on any atom is -0.497 e. The summed E-state index contributed by atoms with van der Waals surface area (Å²) in [5.74, 6) is 1.82. The Morgan fingerprint density at radius 3 is 2.56 bits per heavy atom. The van der Waals surface area contributed by atoms with Crippen molar-refractivity contribution in [1.29, 1.82) is 0 Å². The summed E-state index contributed by atoms with van der Waals surface area (Å²) in [7, 11) is 1.71. The second-order valence-electron chi connectivity index (χ2n) is 4.59. The Balaban J connectivity index is 1.84. The number of ether oxygens (including phenoxy) is 1. The molecule has 1 nitrogen and oxygen atoms in total. The Kier molecular flexibility index (Phi) is 4.28. The van der Waals surface area contributed by atoms with Gasteiger partial charge in [-0.15, -0.1) is 0 Å². The lowest BCUT2D eigenvalue weighted by Crippen LogP contribution is -2.07. The number of halogens is 1. The highest BCUT2D eigenvalue weighted by molar-refractivity contribution is 9.09. The van der Waals surface area contributed by atoms with Gasteiger partial charge in [-0.1, -0.05) is 34.5 Å². The molecule has 2 atom stereocenters. The van der Waals surface area contributed by atoms with Crippen LogP contribution in [0.1, 0.15) is 31.2 Å². The predicted octanol–water partition coefficient (Wildman–Crippen LogP) is 4.19. The van der Waals surface area contributed by atoms with Gasteiger partial charge in [0.2, 0.25) is 0 Å². The first kappa shape index (κ1) is 12.0. The maximum atomic E-state index is 5.16. The van der Waals surface area contributed by atoms with Gasteiger partial charge in [-0.3, -0.25) is 0 Å². The molecule has 0 N–H and O–H groups in total. The molecule has 1 aliphatic rings. The van der Waals surface area contributed by atoms with Gasteiger partial charge in [-0.2, -0.15) is 0 Å². The minimum absolute atomic E-state index is 0.755. The van der Waals surface area contributed by atoms with Crippen LogP contribution in [-0.4, -0.2) is 11.9 Å². The van der Waals surface area contributed by atoms with E-state index in [-0.39, 0.29) is 0 Å². The second-order valence-corrected chi connectivity index (χ2v) is 5.77. The van der Waals surface area contributed by atoms with E-state index in [1.807, 2.05) is 0 Å². The fourth-order valence-corrected chi connectivity index (χ4v) is 3.31. The normalized spacial score (nSPS) is 24.6. The summed E-state index contributed by atoms with van der Waals surface area (Å²) in [6.07, 6.45) is 6.64. The van der Waals surface area contributed by atoms with Crippen LogP contribution < -0.4 is 4.74 Å². The summed E-state index contributed by atoms with van der Waals surface area (Å²) >= 11 is 3.78. The number of alkyl halides is 1.